The van der Waals surface area contributed by atoms with Crippen LogP contribution < -0.4 is 11.1 Å². The van der Waals surface area contributed by atoms with E-state index in [0.717, 1.165) is 25.0 Å². The van der Waals surface area contributed by atoms with E-state index in [1.54, 1.807) is 45.1 Å². The number of phenols is 2. The summed E-state index contributed by atoms with van der Waals surface area (Å²) in [7, 11) is 4.21. The van der Waals surface area contributed by atoms with Crippen molar-refractivity contribution in [1.82, 2.24) is 5.32 Å². The molecule has 1 aromatic carbocycles. The van der Waals surface area contributed by atoms with E-state index in [4.69, 9.17) is 41.0 Å². The van der Waals surface area contributed by atoms with Crippen molar-refractivity contribution in [3.05, 3.63) is 105 Å². The van der Waals surface area contributed by atoms with Crippen LogP contribution in [0.3, 0.4) is 0 Å². The highest BCUT2D eigenvalue weighted by molar-refractivity contribution is 6.33. The van der Waals surface area contributed by atoms with Crippen LogP contribution in [0.2, 0.25) is 5.02 Å². The van der Waals surface area contributed by atoms with Gasteiger partial charge in [0.25, 0.3) is 5.91 Å². The third-order valence-electron chi connectivity index (χ3n) is 11.5. The molecule has 0 spiro atoms. The Balaban J connectivity index is 0.000000315. The second-order valence-electron chi connectivity index (χ2n) is 16.7. The molecule has 2 heterocycles. The van der Waals surface area contributed by atoms with Gasteiger partial charge in [0.1, 0.15) is 23.2 Å². The molecule has 1 fully saturated rings. The lowest BCUT2D eigenvalue weighted by molar-refractivity contribution is -0.120. The van der Waals surface area contributed by atoms with Gasteiger partial charge in [-0.2, -0.15) is 0 Å². The summed E-state index contributed by atoms with van der Waals surface area (Å²) in [6.07, 6.45) is 11.7. The summed E-state index contributed by atoms with van der Waals surface area (Å²) in [6, 6.07) is 0.982. The van der Waals surface area contributed by atoms with Gasteiger partial charge in [0.05, 0.1) is 36.1 Å². The number of benzene rings is 1. The van der Waals surface area contributed by atoms with Gasteiger partial charge in [-0.15, -0.1) is 0 Å². The van der Waals surface area contributed by atoms with Crippen molar-refractivity contribution < 1.29 is 67.8 Å². The van der Waals surface area contributed by atoms with Gasteiger partial charge in [-0.05, 0) is 75.9 Å². The molecule has 1 saturated carbocycles. The van der Waals surface area contributed by atoms with E-state index in [0.29, 0.717) is 23.8 Å². The molecule has 5 rings (SSSR count). The monoisotopic (exact) mass is 922 g/mol. The summed E-state index contributed by atoms with van der Waals surface area (Å²) in [5.74, 6) is -3.40. The van der Waals surface area contributed by atoms with E-state index in [-0.39, 0.29) is 69.4 Å². The molecule has 6 N–H and O–H groups in total. The number of allylic oxidation sites excluding steroid dienone is 8. The Bertz CT molecular complexity index is 2240. The van der Waals surface area contributed by atoms with Crippen LogP contribution >= 0.6 is 11.6 Å². The number of amides is 2. The van der Waals surface area contributed by atoms with Crippen LogP contribution in [0, 0.1) is 23.7 Å². The number of cyclic esters (lactones) is 1. The lowest BCUT2D eigenvalue weighted by atomic mass is 9.85. The topological polar surface area (TPSA) is 247 Å². The van der Waals surface area contributed by atoms with E-state index in [9.17, 15) is 44.1 Å². The molecule has 0 saturated heterocycles. The Morgan fingerprint density at radius 3 is 2.29 bits per heavy atom. The molecular weight excluding hydrogens is 864 g/mol. The quantitative estimate of drug-likeness (QED) is 0.133. The summed E-state index contributed by atoms with van der Waals surface area (Å²) < 4.78 is 27.2. The minimum absolute atomic E-state index is 0.0661. The Morgan fingerprint density at radius 2 is 1.65 bits per heavy atom. The fourth-order valence-corrected chi connectivity index (χ4v) is 8.17. The molecule has 0 radical (unpaired) electrons. The number of carbonyl (C=O) groups is 6. The third-order valence-corrected chi connectivity index (χ3v) is 11.9. The van der Waals surface area contributed by atoms with Crippen LogP contribution in [0.5, 0.6) is 11.5 Å². The van der Waals surface area contributed by atoms with Crippen LogP contribution in [0.15, 0.2) is 88.9 Å². The molecule has 1 aromatic rings. The molecule has 4 aliphatic rings. The first-order chi connectivity index (χ1) is 30.7. The number of phenolic OH excluding ortho intramolecular Hbond substituents is 2. The predicted octanol–water partition coefficient (Wildman–Crippen LogP) is 5.97. The van der Waals surface area contributed by atoms with Crippen molar-refractivity contribution in [2.45, 2.75) is 97.2 Å². The number of nitrogens with one attached hydrogen (secondary N) is 1. The van der Waals surface area contributed by atoms with Gasteiger partial charge in [0.15, 0.2) is 17.6 Å². The Morgan fingerprint density at radius 1 is 0.938 bits per heavy atom. The standard InChI is InChI=1S/C29H40N2O9.C19H19ClO5/c1-15-11-19-25(34)20(14-21(32)27(19)39-7)31-28(35)16(2)9-8-10-22(37-5)26(40-29(30)36)18(4)13-17(3)24(33)23(12-15)38-6;1-10-6-12-7-11(12)4-2-3-5-13(21)8-14-17(19(24)25-10)15(22)9-16(23)18(14)20/h8-10,13-15,17,22-24,26,33H,11-12H2,1-7H3,(H2,30,36)(H,31,35);2-5,9-12,22-23H,6-8H2,1H3/b10-8-,16-9+,18-13+;4-2-,5-3+/t15-,17+,22+,23+,24-,26+;10-,11+,12+/m11/s1. The van der Waals surface area contributed by atoms with E-state index in [1.807, 2.05) is 19.1 Å². The highest BCUT2D eigenvalue weighted by atomic mass is 35.5. The van der Waals surface area contributed by atoms with Crippen molar-refractivity contribution >= 4 is 46.9 Å². The number of aliphatic hydroxyl groups excluding tert-OH is 1. The molecule has 65 heavy (non-hydrogen) atoms. The van der Waals surface area contributed by atoms with Gasteiger partial charge in [-0.1, -0.05) is 68.0 Å². The van der Waals surface area contributed by atoms with E-state index >= 15 is 0 Å². The number of ether oxygens (including phenoxy) is 5. The fourth-order valence-electron chi connectivity index (χ4n) is 7.96. The maximum absolute atomic E-state index is 13.3. The smallest absolute Gasteiger partial charge is 0.405 e. The molecule has 2 bridgehead atoms. The Kier molecular flexibility index (Phi) is 18.7. The predicted molar refractivity (Wildman–Crippen MR) is 239 cm³/mol. The summed E-state index contributed by atoms with van der Waals surface area (Å²) in [6.45, 7) is 8.72. The van der Waals surface area contributed by atoms with Gasteiger partial charge in [0.2, 0.25) is 11.6 Å². The van der Waals surface area contributed by atoms with Gasteiger partial charge in [0, 0.05) is 55.4 Å². The number of hydrogen-bond acceptors (Lipinski definition) is 14. The summed E-state index contributed by atoms with van der Waals surface area (Å²) >= 11 is 6.07. The molecule has 17 heteroatoms. The average Bonchev–Trinajstić information content (AvgIpc) is 3.98. The lowest BCUT2D eigenvalue weighted by Gasteiger charge is -2.29. The van der Waals surface area contributed by atoms with E-state index in [2.05, 4.69) is 5.32 Å². The van der Waals surface area contributed by atoms with Crippen LogP contribution in [-0.2, 0) is 49.3 Å². The van der Waals surface area contributed by atoms with Crippen LogP contribution in [0.25, 0.3) is 0 Å². The highest BCUT2D eigenvalue weighted by Gasteiger charge is 2.37. The minimum Gasteiger partial charge on any atom is -0.507 e. The Hall–Kier alpha value is -5.81. The third kappa shape index (κ3) is 13.8. The zero-order valence-corrected chi connectivity index (χ0v) is 38.5. The van der Waals surface area contributed by atoms with Gasteiger partial charge in [-0.25, -0.2) is 9.59 Å². The number of aromatic hydroxyl groups is 2. The zero-order valence-electron chi connectivity index (χ0n) is 37.8. The number of fused-ring (bicyclic) bond motifs is 4. The SMILES string of the molecule is COC1=C2C[C@@H](C)C[C@H](OC)[C@H](O)[C@@H](C)/C=C(\C)[C@H](OC(N)=O)[C@@H](OC)/C=C\C=C(/C)C(=O)NC(=CC1=O)C2=O.C[C@@H]1C[C@H]2C[C@@H]2/C=C\C=C\C(=O)Cc2c(Cl)c(O)cc(O)c2C(=O)O1. The molecule has 2 aliphatic carbocycles. The normalized spacial score (nSPS) is 31.3. The Labute approximate surface area is 383 Å². The number of methoxy groups -OCH3 is 3. The van der Waals surface area contributed by atoms with Gasteiger partial charge < -0.3 is 50.1 Å². The number of carbonyl (C=O) groups excluding carboxylic acids is 6. The number of rotatable bonds is 4. The minimum atomic E-state index is -1.00. The van der Waals surface area contributed by atoms with Crippen molar-refractivity contribution in [1.29, 1.82) is 0 Å². The number of Topliss-reactive ketones (excluding diaryl/α,β-unsaturated/α-hetero) is 1. The highest BCUT2D eigenvalue weighted by Crippen LogP contribution is 2.44. The van der Waals surface area contributed by atoms with Crippen molar-refractivity contribution in [3.63, 3.8) is 0 Å². The van der Waals surface area contributed by atoms with Crippen LogP contribution in [0.4, 0.5) is 4.79 Å². The largest absolute Gasteiger partial charge is 0.507 e. The summed E-state index contributed by atoms with van der Waals surface area (Å²) in [5.41, 5.74) is 6.02. The maximum Gasteiger partial charge on any atom is 0.405 e. The first-order valence-corrected chi connectivity index (χ1v) is 21.5. The molecule has 2 amide bonds. The molecular formula is C48H59ClN2O14. The molecule has 2 aliphatic heterocycles. The number of hydrogen-bond donors (Lipinski definition) is 5. The van der Waals surface area contributed by atoms with Crippen molar-refractivity contribution in [2.75, 3.05) is 21.3 Å². The molecule has 0 aromatic heterocycles. The number of aliphatic hydroxyl groups is 1. The number of esters is 1. The van der Waals surface area contributed by atoms with Gasteiger partial charge >= 0.3 is 12.1 Å². The number of ketones is 3. The van der Waals surface area contributed by atoms with Crippen molar-refractivity contribution in [2.24, 2.45) is 29.4 Å². The molecule has 0 unspecified atom stereocenters. The lowest BCUT2D eigenvalue weighted by Crippen LogP contribution is -2.37. The number of primary amides is 1. The second-order valence-corrected chi connectivity index (χ2v) is 17.0. The van der Waals surface area contributed by atoms with E-state index < -0.39 is 71.4 Å². The summed E-state index contributed by atoms with van der Waals surface area (Å²) in [5, 5.41) is 33.5. The molecule has 9 atom stereocenters. The second kappa shape index (κ2) is 23.4. The zero-order chi connectivity index (χ0) is 48.3. The van der Waals surface area contributed by atoms with Gasteiger partial charge in [-0.3, -0.25) is 19.2 Å². The average molecular weight is 923 g/mol. The number of nitrogens with two attached hydrogens (primary N) is 1. The van der Waals surface area contributed by atoms with Crippen LogP contribution in [0.1, 0.15) is 76.2 Å². The van der Waals surface area contributed by atoms with Crippen molar-refractivity contribution in [3.8, 4) is 11.5 Å². The first kappa shape index (κ1) is 51.8. The molecule has 352 valence electrons. The summed E-state index contributed by atoms with van der Waals surface area (Å²) in [4.78, 5) is 75.3. The molecule has 16 nitrogen and oxygen atoms in total. The maximum atomic E-state index is 13.3. The fraction of sp³-hybridized carbons (Fsp3) is 0.458. The van der Waals surface area contributed by atoms with Crippen LogP contribution in [-0.4, -0.2) is 102 Å². The van der Waals surface area contributed by atoms with E-state index in [1.165, 1.54) is 40.4 Å². The number of halogens is 1. The first-order valence-electron chi connectivity index (χ1n) is 21.1.